The number of nitrogen functional groups attached to an aromatic ring is 1. The summed E-state index contributed by atoms with van der Waals surface area (Å²) >= 11 is 0. The molecule has 5 heteroatoms. The predicted octanol–water partition coefficient (Wildman–Crippen LogP) is 2.23. The predicted molar refractivity (Wildman–Crippen MR) is 98.1 cm³/mol. The van der Waals surface area contributed by atoms with Crippen LogP contribution >= 0.6 is 0 Å². The second kappa shape index (κ2) is 7.47. The molecule has 24 heavy (non-hydrogen) atoms. The minimum atomic E-state index is -0.119. The van der Waals surface area contributed by atoms with Crippen LogP contribution in [-0.2, 0) is 6.54 Å². The molecule has 2 aromatic rings. The molecule has 1 aliphatic rings. The van der Waals surface area contributed by atoms with Gasteiger partial charge in [-0.2, -0.15) is 0 Å². The first kappa shape index (κ1) is 16.5. The number of carbonyl (C=O) groups excluding carboxylic acids is 1. The average Bonchev–Trinajstić information content (AvgIpc) is 2.60. The van der Waals surface area contributed by atoms with Gasteiger partial charge in [-0.15, -0.1) is 0 Å². The molecule has 0 bridgehead atoms. The van der Waals surface area contributed by atoms with Crippen LogP contribution in [0.3, 0.4) is 0 Å². The van der Waals surface area contributed by atoms with E-state index in [2.05, 4.69) is 15.5 Å². The average molecular weight is 324 g/mol. The fourth-order valence-corrected chi connectivity index (χ4v) is 2.81. The molecule has 0 unspecified atom stereocenters. The molecule has 0 saturated carbocycles. The molecule has 126 valence electrons. The molecule has 5 nitrogen and oxygen atoms in total. The van der Waals surface area contributed by atoms with Crippen molar-refractivity contribution in [1.82, 2.24) is 10.2 Å². The van der Waals surface area contributed by atoms with Gasteiger partial charge in [0.25, 0.3) is 5.91 Å². The Bertz CT molecular complexity index is 706. The minimum absolute atomic E-state index is 0.119. The van der Waals surface area contributed by atoms with Crippen LogP contribution in [0.25, 0.3) is 0 Å². The van der Waals surface area contributed by atoms with Gasteiger partial charge in [-0.05, 0) is 42.3 Å². The molecule has 1 fully saturated rings. The largest absolute Gasteiger partial charge is 0.398 e. The Balaban J connectivity index is 1.61. The van der Waals surface area contributed by atoms with E-state index in [-0.39, 0.29) is 5.91 Å². The SMILES string of the molecule is Cc1ccc(NC(=O)c2ccc(CN3CCNCC3)cc2)cc1N. The molecule has 1 saturated heterocycles. The molecule has 2 aromatic carbocycles. The number of nitrogens with zero attached hydrogens (tertiary/aromatic N) is 1. The van der Waals surface area contributed by atoms with E-state index in [1.807, 2.05) is 43.3 Å². The molecule has 4 N–H and O–H groups in total. The number of hydrogen-bond donors (Lipinski definition) is 3. The monoisotopic (exact) mass is 324 g/mol. The number of anilines is 2. The number of nitrogens with one attached hydrogen (secondary N) is 2. The second-order valence-corrected chi connectivity index (χ2v) is 6.25. The molecule has 1 amide bonds. The lowest BCUT2D eigenvalue weighted by molar-refractivity contribution is 0.102. The summed E-state index contributed by atoms with van der Waals surface area (Å²) in [6, 6.07) is 13.4. The maximum Gasteiger partial charge on any atom is 0.255 e. The number of carbonyl (C=O) groups is 1. The maximum absolute atomic E-state index is 12.3. The van der Waals surface area contributed by atoms with Crippen molar-refractivity contribution in [2.45, 2.75) is 13.5 Å². The van der Waals surface area contributed by atoms with Crippen molar-refractivity contribution in [2.75, 3.05) is 37.2 Å². The van der Waals surface area contributed by atoms with Crippen LogP contribution in [-0.4, -0.2) is 37.0 Å². The van der Waals surface area contributed by atoms with E-state index in [9.17, 15) is 4.79 Å². The molecule has 0 spiro atoms. The van der Waals surface area contributed by atoms with Gasteiger partial charge >= 0.3 is 0 Å². The van der Waals surface area contributed by atoms with E-state index in [0.29, 0.717) is 16.9 Å². The number of rotatable bonds is 4. The van der Waals surface area contributed by atoms with Crippen LogP contribution in [0.1, 0.15) is 21.5 Å². The van der Waals surface area contributed by atoms with Crippen molar-refractivity contribution < 1.29 is 4.79 Å². The number of hydrogen-bond acceptors (Lipinski definition) is 4. The number of piperazine rings is 1. The van der Waals surface area contributed by atoms with Gasteiger partial charge in [0.05, 0.1) is 0 Å². The quantitative estimate of drug-likeness (QED) is 0.754. The highest BCUT2D eigenvalue weighted by Crippen LogP contribution is 2.18. The van der Waals surface area contributed by atoms with Crippen LogP contribution in [0.4, 0.5) is 11.4 Å². The van der Waals surface area contributed by atoms with Crippen molar-refractivity contribution in [2.24, 2.45) is 0 Å². The first-order valence-corrected chi connectivity index (χ1v) is 8.31. The summed E-state index contributed by atoms with van der Waals surface area (Å²) < 4.78 is 0. The van der Waals surface area contributed by atoms with Crippen LogP contribution < -0.4 is 16.4 Å². The lowest BCUT2D eigenvalue weighted by atomic mass is 10.1. The van der Waals surface area contributed by atoms with Crippen molar-refractivity contribution in [3.63, 3.8) is 0 Å². The smallest absolute Gasteiger partial charge is 0.255 e. The Morgan fingerprint density at radius 3 is 2.54 bits per heavy atom. The van der Waals surface area contributed by atoms with Gasteiger partial charge in [-0.25, -0.2) is 0 Å². The zero-order valence-electron chi connectivity index (χ0n) is 14.0. The molecular weight excluding hydrogens is 300 g/mol. The first-order chi connectivity index (χ1) is 11.6. The van der Waals surface area contributed by atoms with Gasteiger partial charge in [-0.1, -0.05) is 18.2 Å². The van der Waals surface area contributed by atoms with E-state index in [1.165, 1.54) is 5.56 Å². The third-order valence-corrected chi connectivity index (χ3v) is 4.37. The summed E-state index contributed by atoms with van der Waals surface area (Å²) in [6.45, 7) is 7.09. The Hall–Kier alpha value is -2.37. The summed E-state index contributed by atoms with van der Waals surface area (Å²) in [4.78, 5) is 14.8. The molecule has 1 heterocycles. The molecular formula is C19H24N4O. The third-order valence-electron chi connectivity index (χ3n) is 4.37. The maximum atomic E-state index is 12.3. The second-order valence-electron chi connectivity index (χ2n) is 6.25. The Kier molecular flexibility index (Phi) is 5.13. The van der Waals surface area contributed by atoms with Crippen molar-refractivity contribution in [3.05, 3.63) is 59.2 Å². The highest BCUT2D eigenvalue weighted by molar-refractivity contribution is 6.04. The molecule has 3 rings (SSSR count). The van der Waals surface area contributed by atoms with Gasteiger partial charge in [-0.3, -0.25) is 9.69 Å². The van der Waals surface area contributed by atoms with Gasteiger partial charge in [0.1, 0.15) is 0 Å². The van der Waals surface area contributed by atoms with E-state index in [4.69, 9.17) is 5.73 Å². The van der Waals surface area contributed by atoms with Crippen LogP contribution in [0, 0.1) is 6.92 Å². The Morgan fingerprint density at radius 2 is 1.88 bits per heavy atom. The highest BCUT2D eigenvalue weighted by Gasteiger charge is 2.11. The third kappa shape index (κ3) is 4.13. The van der Waals surface area contributed by atoms with Gasteiger partial charge in [0.2, 0.25) is 0 Å². The van der Waals surface area contributed by atoms with E-state index >= 15 is 0 Å². The summed E-state index contributed by atoms with van der Waals surface area (Å²) in [5, 5.41) is 6.24. The number of nitrogens with two attached hydrogens (primary N) is 1. The van der Waals surface area contributed by atoms with Crippen molar-refractivity contribution in [1.29, 1.82) is 0 Å². The molecule has 1 aliphatic heterocycles. The van der Waals surface area contributed by atoms with E-state index in [0.717, 1.165) is 38.3 Å². The van der Waals surface area contributed by atoms with Crippen molar-refractivity contribution >= 4 is 17.3 Å². The van der Waals surface area contributed by atoms with Gasteiger partial charge < -0.3 is 16.4 Å². The fourth-order valence-electron chi connectivity index (χ4n) is 2.81. The lowest BCUT2D eigenvalue weighted by Gasteiger charge is -2.27. The Labute approximate surface area is 142 Å². The van der Waals surface area contributed by atoms with Gasteiger partial charge in [0, 0.05) is 49.7 Å². The molecule has 0 atom stereocenters. The summed E-state index contributed by atoms with van der Waals surface area (Å²) in [6.07, 6.45) is 0. The fraction of sp³-hybridized carbons (Fsp3) is 0.316. The Morgan fingerprint density at radius 1 is 1.17 bits per heavy atom. The zero-order valence-corrected chi connectivity index (χ0v) is 14.0. The molecule has 0 aromatic heterocycles. The van der Waals surface area contributed by atoms with Crippen molar-refractivity contribution in [3.8, 4) is 0 Å². The number of aryl methyl sites for hydroxylation is 1. The summed E-state index contributed by atoms with van der Waals surface area (Å²) in [5.74, 6) is -0.119. The standard InChI is InChI=1S/C19H24N4O/c1-14-2-7-17(12-18(14)20)22-19(24)16-5-3-15(4-6-16)13-23-10-8-21-9-11-23/h2-7,12,21H,8-11,13,20H2,1H3,(H,22,24). The van der Waals surface area contributed by atoms with Crippen LogP contribution in [0.5, 0.6) is 0 Å². The van der Waals surface area contributed by atoms with Crippen LogP contribution in [0.2, 0.25) is 0 Å². The normalized spacial score (nSPS) is 15.2. The topological polar surface area (TPSA) is 70.4 Å². The minimum Gasteiger partial charge on any atom is -0.398 e. The highest BCUT2D eigenvalue weighted by atomic mass is 16.1. The molecule has 0 radical (unpaired) electrons. The van der Waals surface area contributed by atoms with E-state index in [1.54, 1.807) is 6.07 Å². The van der Waals surface area contributed by atoms with E-state index < -0.39 is 0 Å². The summed E-state index contributed by atoms with van der Waals surface area (Å²) in [5.41, 5.74) is 10.2. The lowest BCUT2D eigenvalue weighted by Crippen LogP contribution is -2.42. The zero-order chi connectivity index (χ0) is 16.9. The summed E-state index contributed by atoms with van der Waals surface area (Å²) in [7, 11) is 0. The number of amides is 1. The van der Waals surface area contributed by atoms with Crippen LogP contribution in [0.15, 0.2) is 42.5 Å². The molecule has 0 aliphatic carbocycles. The van der Waals surface area contributed by atoms with Gasteiger partial charge in [0.15, 0.2) is 0 Å². The number of benzene rings is 2. The first-order valence-electron chi connectivity index (χ1n) is 8.31.